The standard InChI is InChI=1S/C14H18ClFN2S/c1-9-5-10(2)8-18(7-9)14(19)17-11-3-4-13(16)12(15)6-11/h3-4,6,9-10H,5,7-8H2,1-2H3,(H,17,19)/t9-,10-/m1/s1. The Bertz CT molecular complexity index is 471. The monoisotopic (exact) mass is 300 g/mol. The molecule has 1 heterocycles. The number of hydrogen-bond acceptors (Lipinski definition) is 1. The van der Waals surface area contributed by atoms with Crippen LogP contribution in [0.15, 0.2) is 18.2 Å². The van der Waals surface area contributed by atoms with Gasteiger partial charge < -0.3 is 10.2 Å². The largest absolute Gasteiger partial charge is 0.348 e. The first-order valence-corrected chi connectivity index (χ1v) is 7.25. The van der Waals surface area contributed by atoms with E-state index >= 15 is 0 Å². The summed E-state index contributed by atoms with van der Waals surface area (Å²) in [5, 5.41) is 3.91. The zero-order valence-corrected chi connectivity index (χ0v) is 12.7. The Morgan fingerprint density at radius 1 is 1.37 bits per heavy atom. The highest BCUT2D eigenvalue weighted by Gasteiger charge is 2.23. The van der Waals surface area contributed by atoms with Gasteiger partial charge in [0.15, 0.2) is 5.11 Å². The quantitative estimate of drug-likeness (QED) is 0.784. The molecular weight excluding hydrogens is 283 g/mol. The smallest absolute Gasteiger partial charge is 0.173 e. The predicted octanol–water partition coefficient (Wildman–Crippen LogP) is 4.15. The van der Waals surface area contributed by atoms with Crippen molar-refractivity contribution >= 4 is 34.6 Å². The van der Waals surface area contributed by atoms with Crippen molar-refractivity contribution in [3.8, 4) is 0 Å². The minimum atomic E-state index is -0.418. The molecule has 1 aromatic carbocycles. The van der Waals surface area contributed by atoms with E-state index in [1.165, 1.54) is 12.5 Å². The number of halogens is 2. The van der Waals surface area contributed by atoms with Crippen LogP contribution in [0.1, 0.15) is 20.3 Å². The Morgan fingerprint density at radius 2 is 2.00 bits per heavy atom. The van der Waals surface area contributed by atoms with E-state index < -0.39 is 5.82 Å². The lowest BCUT2D eigenvalue weighted by molar-refractivity contribution is 0.216. The van der Waals surface area contributed by atoms with E-state index in [0.29, 0.717) is 16.9 Å². The summed E-state index contributed by atoms with van der Waals surface area (Å²) in [7, 11) is 0. The van der Waals surface area contributed by atoms with Crippen LogP contribution < -0.4 is 5.32 Å². The molecule has 1 aliphatic heterocycles. The zero-order valence-electron chi connectivity index (χ0n) is 11.1. The van der Waals surface area contributed by atoms with Gasteiger partial charge in [0.05, 0.1) is 5.02 Å². The highest BCUT2D eigenvalue weighted by molar-refractivity contribution is 7.80. The minimum absolute atomic E-state index is 0.105. The van der Waals surface area contributed by atoms with Crippen molar-refractivity contribution in [2.75, 3.05) is 18.4 Å². The average molecular weight is 301 g/mol. The Morgan fingerprint density at radius 3 is 2.58 bits per heavy atom. The fourth-order valence-corrected chi connectivity index (χ4v) is 3.05. The Kier molecular flexibility index (Phi) is 4.63. The second-order valence-electron chi connectivity index (χ2n) is 5.41. The van der Waals surface area contributed by atoms with Crippen molar-refractivity contribution in [2.45, 2.75) is 20.3 Å². The molecule has 0 aliphatic carbocycles. The lowest BCUT2D eigenvalue weighted by Crippen LogP contribution is -2.44. The van der Waals surface area contributed by atoms with Gasteiger partial charge in [-0.1, -0.05) is 25.4 Å². The van der Waals surface area contributed by atoms with Crippen LogP contribution in [0.5, 0.6) is 0 Å². The van der Waals surface area contributed by atoms with Gasteiger partial charge in [-0.3, -0.25) is 0 Å². The molecule has 2 atom stereocenters. The number of nitrogens with one attached hydrogen (secondary N) is 1. The van der Waals surface area contributed by atoms with Crippen molar-refractivity contribution in [1.82, 2.24) is 4.90 Å². The summed E-state index contributed by atoms with van der Waals surface area (Å²) in [6, 6.07) is 4.54. The molecule has 0 aromatic heterocycles. The summed E-state index contributed by atoms with van der Waals surface area (Å²) >= 11 is 11.2. The van der Waals surface area contributed by atoms with Crippen LogP contribution in [0, 0.1) is 17.7 Å². The highest BCUT2D eigenvalue weighted by atomic mass is 35.5. The van der Waals surface area contributed by atoms with Gasteiger partial charge in [0.25, 0.3) is 0 Å². The molecule has 0 saturated carbocycles. The number of hydrogen-bond donors (Lipinski definition) is 1. The van der Waals surface area contributed by atoms with E-state index in [9.17, 15) is 4.39 Å². The van der Waals surface area contributed by atoms with E-state index in [2.05, 4.69) is 24.1 Å². The minimum Gasteiger partial charge on any atom is -0.348 e. The van der Waals surface area contributed by atoms with Crippen molar-refractivity contribution in [2.24, 2.45) is 11.8 Å². The number of piperidine rings is 1. The van der Waals surface area contributed by atoms with E-state index in [1.54, 1.807) is 12.1 Å². The number of rotatable bonds is 1. The van der Waals surface area contributed by atoms with Gasteiger partial charge in [-0.15, -0.1) is 0 Å². The van der Waals surface area contributed by atoms with Gasteiger partial charge >= 0.3 is 0 Å². The SMILES string of the molecule is C[C@@H]1C[C@@H](C)CN(C(=S)Nc2ccc(F)c(Cl)c2)C1. The van der Waals surface area contributed by atoms with Gasteiger partial charge in [-0.05, 0) is 48.7 Å². The summed E-state index contributed by atoms with van der Waals surface area (Å²) in [5.74, 6) is 0.860. The number of anilines is 1. The van der Waals surface area contributed by atoms with E-state index in [4.69, 9.17) is 23.8 Å². The van der Waals surface area contributed by atoms with Crippen LogP contribution >= 0.6 is 23.8 Å². The molecule has 104 valence electrons. The van der Waals surface area contributed by atoms with Gasteiger partial charge in [0.1, 0.15) is 5.82 Å². The maximum Gasteiger partial charge on any atom is 0.173 e. The average Bonchev–Trinajstić information content (AvgIpc) is 2.32. The number of nitrogens with zero attached hydrogens (tertiary/aromatic N) is 1. The fraction of sp³-hybridized carbons (Fsp3) is 0.500. The summed E-state index contributed by atoms with van der Waals surface area (Å²) in [4.78, 5) is 2.17. The molecule has 0 spiro atoms. The van der Waals surface area contributed by atoms with Crippen molar-refractivity contribution in [3.63, 3.8) is 0 Å². The molecule has 1 N–H and O–H groups in total. The molecule has 0 unspecified atom stereocenters. The number of thiocarbonyl (C=S) groups is 1. The summed E-state index contributed by atoms with van der Waals surface area (Å²) < 4.78 is 13.1. The first-order chi connectivity index (χ1) is 8.95. The molecule has 2 nitrogen and oxygen atoms in total. The molecule has 2 rings (SSSR count). The van der Waals surface area contributed by atoms with Crippen LogP contribution in [0.3, 0.4) is 0 Å². The molecule has 1 saturated heterocycles. The highest BCUT2D eigenvalue weighted by Crippen LogP contribution is 2.23. The summed E-state index contributed by atoms with van der Waals surface area (Å²) in [5.41, 5.74) is 0.724. The number of likely N-dealkylation sites (tertiary alicyclic amines) is 1. The van der Waals surface area contributed by atoms with Crippen molar-refractivity contribution in [3.05, 3.63) is 29.0 Å². The molecule has 1 aromatic rings. The molecule has 5 heteroatoms. The summed E-state index contributed by atoms with van der Waals surface area (Å²) in [6.45, 7) is 6.40. The second kappa shape index (κ2) is 6.06. The van der Waals surface area contributed by atoms with Crippen LogP contribution in [0.4, 0.5) is 10.1 Å². The molecule has 1 aliphatic rings. The Hall–Kier alpha value is -0.870. The fourth-order valence-electron chi connectivity index (χ4n) is 2.61. The Labute approximate surface area is 123 Å². The topological polar surface area (TPSA) is 15.3 Å². The van der Waals surface area contributed by atoms with Gasteiger partial charge in [-0.2, -0.15) is 0 Å². The first-order valence-electron chi connectivity index (χ1n) is 6.46. The third kappa shape index (κ3) is 3.80. The van der Waals surface area contributed by atoms with Gasteiger partial charge in [0.2, 0.25) is 0 Å². The molecule has 1 fully saturated rings. The zero-order chi connectivity index (χ0) is 14.0. The summed E-state index contributed by atoms with van der Waals surface area (Å²) in [6.07, 6.45) is 1.24. The first kappa shape index (κ1) is 14.5. The van der Waals surface area contributed by atoms with Gasteiger partial charge in [0, 0.05) is 18.8 Å². The maximum atomic E-state index is 13.1. The molecule has 0 amide bonds. The molecule has 0 radical (unpaired) electrons. The normalized spacial score (nSPS) is 23.3. The number of benzene rings is 1. The van der Waals surface area contributed by atoms with Crippen molar-refractivity contribution < 1.29 is 4.39 Å². The van der Waals surface area contributed by atoms with E-state index in [-0.39, 0.29) is 5.02 Å². The lowest BCUT2D eigenvalue weighted by atomic mass is 9.92. The van der Waals surface area contributed by atoms with E-state index in [1.807, 2.05) is 0 Å². The second-order valence-corrected chi connectivity index (χ2v) is 6.20. The third-order valence-corrected chi connectivity index (χ3v) is 3.98. The molecular formula is C14H18ClFN2S. The lowest BCUT2D eigenvalue weighted by Gasteiger charge is -2.36. The van der Waals surface area contributed by atoms with Crippen molar-refractivity contribution in [1.29, 1.82) is 0 Å². The molecule has 0 bridgehead atoms. The third-order valence-electron chi connectivity index (χ3n) is 3.33. The molecule has 19 heavy (non-hydrogen) atoms. The van der Waals surface area contributed by atoms with E-state index in [0.717, 1.165) is 18.8 Å². The van der Waals surface area contributed by atoms with Crippen LogP contribution in [-0.4, -0.2) is 23.1 Å². The maximum absolute atomic E-state index is 13.1. The van der Waals surface area contributed by atoms with Crippen LogP contribution in [0.25, 0.3) is 0 Å². The van der Waals surface area contributed by atoms with Gasteiger partial charge in [-0.25, -0.2) is 4.39 Å². The Balaban J connectivity index is 2.02. The van der Waals surface area contributed by atoms with Crippen LogP contribution in [0.2, 0.25) is 5.02 Å². The predicted molar refractivity (Wildman–Crippen MR) is 82.1 cm³/mol. The van der Waals surface area contributed by atoms with Crippen LogP contribution in [-0.2, 0) is 0 Å².